The van der Waals surface area contributed by atoms with E-state index in [0.29, 0.717) is 12.8 Å². The number of aliphatic hydroxyl groups is 7. The minimum absolute atomic E-state index is 0.0307. The highest BCUT2D eigenvalue weighted by Crippen LogP contribution is 2.75. The van der Waals surface area contributed by atoms with Crippen LogP contribution in [-0.2, 0) is 23.7 Å². The summed E-state index contributed by atoms with van der Waals surface area (Å²) in [5.41, 5.74) is -0.857. The Bertz CT molecular complexity index is 1450. The minimum Gasteiger partial charge on any atom is -0.481 e. The maximum atomic E-state index is 13.0. The van der Waals surface area contributed by atoms with Crippen LogP contribution in [0.5, 0.6) is 0 Å². The first-order valence-electron chi connectivity index (χ1n) is 20.4. The fourth-order valence-corrected chi connectivity index (χ4v) is 13.2. The van der Waals surface area contributed by atoms with E-state index in [2.05, 4.69) is 40.7 Å². The zero-order chi connectivity index (χ0) is 39.4. The molecule has 7 rings (SSSR count). The molecule has 2 aliphatic heterocycles. The highest BCUT2D eigenvalue weighted by atomic mass is 16.7. The highest BCUT2D eigenvalue weighted by Gasteiger charge is 2.70. The van der Waals surface area contributed by atoms with Crippen molar-refractivity contribution in [2.24, 2.45) is 44.8 Å². The van der Waals surface area contributed by atoms with Crippen LogP contribution in [0.15, 0.2) is 11.6 Å². The van der Waals surface area contributed by atoms with Crippen LogP contribution in [0.4, 0.5) is 0 Å². The van der Waals surface area contributed by atoms with E-state index in [9.17, 15) is 45.6 Å². The van der Waals surface area contributed by atoms with Gasteiger partial charge in [0.1, 0.15) is 48.8 Å². The lowest BCUT2D eigenvalue weighted by Gasteiger charge is -2.71. The number of allylic oxidation sites excluding steroid dienone is 2. The Labute approximate surface area is 319 Å². The molecule has 2 saturated heterocycles. The number of carboxylic acids is 1. The van der Waals surface area contributed by atoms with Gasteiger partial charge in [-0.3, -0.25) is 4.79 Å². The lowest BCUT2D eigenvalue weighted by molar-refractivity contribution is -0.338. The normalized spacial score (nSPS) is 54.3. The van der Waals surface area contributed by atoms with Gasteiger partial charge in [-0.05, 0) is 111 Å². The first-order valence-corrected chi connectivity index (χ1v) is 20.4. The molecule has 18 atom stereocenters. The van der Waals surface area contributed by atoms with E-state index >= 15 is 0 Å². The second-order valence-corrected chi connectivity index (χ2v) is 20.0. The largest absolute Gasteiger partial charge is 0.481 e. The quantitative estimate of drug-likeness (QED) is 0.175. The molecule has 0 bridgehead atoms. The molecule has 6 fully saturated rings. The van der Waals surface area contributed by atoms with Gasteiger partial charge in [-0.1, -0.05) is 46.3 Å². The van der Waals surface area contributed by atoms with Crippen molar-refractivity contribution in [2.45, 2.75) is 173 Å². The topological polar surface area (TPSA) is 216 Å². The zero-order valence-corrected chi connectivity index (χ0v) is 32.9. The number of rotatable bonds is 7. The van der Waals surface area contributed by atoms with E-state index in [1.54, 1.807) is 0 Å². The number of hydrogen-bond donors (Lipinski definition) is 8. The van der Waals surface area contributed by atoms with Crippen molar-refractivity contribution in [3.05, 3.63) is 11.6 Å². The van der Waals surface area contributed by atoms with Gasteiger partial charge >= 0.3 is 5.97 Å². The van der Waals surface area contributed by atoms with Crippen LogP contribution < -0.4 is 0 Å². The second-order valence-electron chi connectivity index (χ2n) is 20.0. The number of hydrogen-bond acceptors (Lipinski definition) is 12. The Morgan fingerprint density at radius 3 is 2.24 bits per heavy atom. The van der Waals surface area contributed by atoms with Crippen molar-refractivity contribution in [2.75, 3.05) is 19.8 Å². The molecule has 7 aliphatic rings. The van der Waals surface area contributed by atoms with Crippen molar-refractivity contribution >= 4 is 5.97 Å². The molecule has 0 amide bonds. The molecule has 2 heterocycles. The third-order valence-electron chi connectivity index (χ3n) is 16.8. The minimum atomic E-state index is -1.71. The average Bonchev–Trinajstić information content (AvgIpc) is 3.10. The Balaban J connectivity index is 1.08. The van der Waals surface area contributed by atoms with Gasteiger partial charge in [0.25, 0.3) is 0 Å². The van der Waals surface area contributed by atoms with E-state index in [0.717, 1.165) is 51.4 Å². The van der Waals surface area contributed by atoms with Crippen LogP contribution in [0.1, 0.15) is 106 Å². The van der Waals surface area contributed by atoms with E-state index in [1.807, 2.05) is 6.92 Å². The summed E-state index contributed by atoms with van der Waals surface area (Å²) in [5, 5.41) is 85.3. The van der Waals surface area contributed by atoms with Crippen molar-refractivity contribution < 1.29 is 64.6 Å². The molecule has 0 aromatic rings. The lowest BCUT2D eigenvalue weighted by Crippen LogP contribution is -2.67. The fraction of sp³-hybridized carbons (Fsp3) is 0.927. The standard InChI is InChI=1S/C41H66O13/c1-36(2)13-15-41(35(48)49)16-14-38(4)21(22(41)17-36)7-8-26-37(3)11-10-28(40(6,50)27(37)9-12-39(26,38)5)52-20-25-33(29(44)23(43)19-51-25)54-34-32(47)31(46)30(45)24(18-42)53-34/h7,22-34,42-47,50H,8-20H2,1-6H3,(H,48,49)/t22-,23-,24+,25-,26+,27+,28-,29-,30+,31-,32+,33-,34-,37+,38+,39+,40+,41-/m0/s1. The molecule has 0 unspecified atom stereocenters. The molecular weight excluding hydrogens is 700 g/mol. The van der Waals surface area contributed by atoms with Gasteiger partial charge in [0.05, 0.1) is 36.9 Å². The molecule has 13 heteroatoms. The first kappa shape index (κ1) is 40.9. The molecule has 0 spiro atoms. The van der Waals surface area contributed by atoms with E-state index in [-0.39, 0.29) is 52.6 Å². The number of aliphatic carboxylic acids is 1. The van der Waals surface area contributed by atoms with Crippen LogP contribution in [-0.4, -0.2) is 133 Å². The number of fused-ring (bicyclic) bond motifs is 7. The molecule has 54 heavy (non-hydrogen) atoms. The third-order valence-corrected chi connectivity index (χ3v) is 16.8. The van der Waals surface area contributed by atoms with E-state index in [1.165, 1.54) is 5.57 Å². The van der Waals surface area contributed by atoms with Gasteiger partial charge in [-0.15, -0.1) is 0 Å². The predicted molar refractivity (Wildman–Crippen MR) is 194 cm³/mol. The summed E-state index contributed by atoms with van der Waals surface area (Å²) < 4.78 is 23.8. The van der Waals surface area contributed by atoms with Crippen molar-refractivity contribution in [1.82, 2.24) is 0 Å². The van der Waals surface area contributed by atoms with Crippen molar-refractivity contribution in [3.63, 3.8) is 0 Å². The summed E-state index contributed by atoms with van der Waals surface area (Å²) in [7, 11) is 0. The Kier molecular flexibility index (Phi) is 10.6. The van der Waals surface area contributed by atoms with Gasteiger partial charge in [0, 0.05) is 0 Å². The lowest BCUT2D eigenvalue weighted by atomic mass is 9.34. The number of ether oxygens (including phenoxy) is 4. The van der Waals surface area contributed by atoms with E-state index < -0.39 is 84.8 Å². The average molecular weight is 767 g/mol. The van der Waals surface area contributed by atoms with Crippen LogP contribution in [0, 0.1) is 44.8 Å². The number of aliphatic hydroxyl groups excluding tert-OH is 6. The summed E-state index contributed by atoms with van der Waals surface area (Å²) in [4.78, 5) is 13.0. The summed E-state index contributed by atoms with van der Waals surface area (Å²) in [5.74, 6) is -0.396. The van der Waals surface area contributed by atoms with Gasteiger partial charge in [0.2, 0.25) is 0 Å². The smallest absolute Gasteiger partial charge is 0.310 e. The molecule has 13 nitrogen and oxygen atoms in total. The second kappa shape index (κ2) is 14.0. The Morgan fingerprint density at radius 2 is 1.56 bits per heavy atom. The molecule has 0 aromatic carbocycles. The number of carbonyl (C=O) groups is 1. The molecule has 8 N–H and O–H groups in total. The van der Waals surface area contributed by atoms with Crippen LogP contribution >= 0.6 is 0 Å². The molecule has 5 aliphatic carbocycles. The summed E-state index contributed by atoms with van der Waals surface area (Å²) in [6.07, 6.45) is -2.80. The summed E-state index contributed by atoms with van der Waals surface area (Å²) in [6.45, 7) is 12.7. The number of carboxylic acid groups (broad SMARTS) is 1. The Morgan fingerprint density at radius 1 is 0.852 bits per heavy atom. The fourth-order valence-electron chi connectivity index (χ4n) is 13.2. The molecule has 308 valence electrons. The van der Waals surface area contributed by atoms with Gasteiger partial charge in [-0.25, -0.2) is 0 Å². The van der Waals surface area contributed by atoms with Crippen LogP contribution in [0.3, 0.4) is 0 Å². The predicted octanol–water partition coefficient (Wildman–Crippen LogP) is 2.29. The first-order chi connectivity index (χ1) is 25.2. The zero-order valence-electron chi connectivity index (χ0n) is 32.9. The monoisotopic (exact) mass is 766 g/mol. The summed E-state index contributed by atoms with van der Waals surface area (Å²) >= 11 is 0. The molecular formula is C41H66O13. The highest BCUT2D eigenvalue weighted by molar-refractivity contribution is 5.76. The molecule has 4 saturated carbocycles. The van der Waals surface area contributed by atoms with Gasteiger partial charge < -0.3 is 59.8 Å². The molecule has 0 radical (unpaired) electrons. The Hall–Kier alpha value is -1.23. The van der Waals surface area contributed by atoms with Crippen molar-refractivity contribution in [1.29, 1.82) is 0 Å². The van der Waals surface area contributed by atoms with Crippen molar-refractivity contribution in [3.8, 4) is 0 Å². The van der Waals surface area contributed by atoms with Crippen LogP contribution in [0.25, 0.3) is 0 Å². The molecule has 0 aromatic heterocycles. The SMILES string of the molecule is CC1(C)CC[C@]2(C(=O)O)CC[C@]3(C)C(=CC[C@@H]4[C@@]5(C)CC[C@H](OC[C@@H]6OC[C@H](O)[C@H](O)[C@H]6O[C@@H]6O[C@H](CO)[C@@H](O)[C@H](O)[C@H]6O)[C@](C)(O)[C@@H]5CC[C@]43C)[C@@H]2C1. The van der Waals surface area contributed by atoms with Gasteiger partial charge in [-0.2, -0.15) is 0 Å². The summed E-state index contributed by atoms with van der Waals surface area (Å²) in [6, 6.07) is 0. The van der Waals surface area contributed by atoms with Gasteiger partial charge in [0.15, 0.2) is 6.29 Å². The van der Waals surface area contributed by atoms with E-state index in [4.69, 9.17) is 18.9 Å². The maximum absolute atomic E-state index is 13.0. The third kappa shape index (κ3) is 6.08. The van der Waals surface area contributed by atoms with Crippen LogP contribution in [0.2, 0.25) is 0 Å². The maximum Gasteiger partial charge on any atom is 0.310 e.